The first kappa shape index (κ1) is 20.1. The average molecular weight is 322 g/mol. The van der Waals surface area contributed by atoms with E-state index in [2.05, 4.69) is 33.9 Å². The van der Waals surface area contributed by atoms with Crippen molar-refractivity contribution < 1.29 is 18.0 Å². The van der Waals surface area contributed by atoms with E-state index in [1.807, 2.05) is 6.08 Å². The minimum absolute atomic E-state index is 0.211. The maximum Gasteiger partial charge on any atom is 0.353 e. The average Bonchev–Trinajstić information content (AvgIpc) is 2.27. The minimum Gasteiger partial charge on any atom is -0.417 e. The molecule has 0 bridgehead atoms. The first-order chi connectivity index (χ1) is 9.08. The van der Waals surface area contributed by atoms with E-state index in [9.17, 15) is 4.57 Å². The summed E-state index contributed by atoms with van der Waals surface area (Å²) >= 11 is 0. The number of hydrogen-bond acceptors (Lipinski definition) is 4. The van der Waals surface area contributed by atoms with Gasteiger partial charge in [0, 0.05) is 12.4 Å². The Labute approximate surface area is 125 Å². The van der Waals surface area contributed by atoms with Crippen LogP contribution in [0.25, 0.3) is 0 Å². The highest BCUT2D eigenvalue weighted by Crippen LogP contribution is 2.49. The molecule has 0 heterocycles. The van der Waals surface area contributed by atoms with Gasteiger partial charge in [0.1, 0.15) is 0 Å². The van der Waals surface area contributed by atoms with Gasteiger partial charge in [0.05, 0.1) is 13.2 Å². The first-order valence-corrected chi connectivity index (χ1v) is 11.8. The molecule has 0 aromatic rings. The van der Waals surface area contributed by atoms with Crippen LogP contribution in [0.2, 0.25) is 18.1 Å². The van der Waals surface area contributed by atoms with E-state index < -0.39 is 15.9 Å². The molecule has 4 nitrogen and oxygen atoms in total. The Balaban J connectivity index is 4.29. The second-order valence-corrected chi connectivity index (χ2v) is 12.9. The van der Waals surface area contributed by atoms with E-state index in [0.29, 0.717) is 19.8 Å². The van der Waals surface area contributed by atoms with Crippen LogP contribution in [0.1, 0.15) is 41.0 Å². The Hall–Kier alpha value is 0.0669. The molecule has 0 unspecified atom stereocenters. The van der Waals surface area contributed by atoms with Gasteiger partial charge in [-0.05, 0) is 38.4 Å². The molecule has 0 radical (unpaired) electrons. The fourth-order valence-electron chi connectivity index (χ4n) is 1.29. The summed E-state index contributed by atoms with van der Waals surface area (Å²) in [4.78, 5) is 0. The molecule has 0 saturated heterocycles. The molecule has 0 aliphatic carbocycles. The normalized spacial score (nSPS) is 14.2. The van der Waals surface area contributed by atoms with Gasteiger partial charge >= 0.3 is 7.60 Å². The van der Waals surface area contributed by atoms with Crippen LogP contribution in [0, 0.1) is 0 Å². The standard InChI is InChI=1S/C14H31O4PSi/c1-8-16-19(15,17-9-2)13-11-10-12-18-20(6,7)14(3,4)5/h11,13H,8-10,12H2,1-7H3. The lowest BCUT2D eigenvalue weighted by molar-refractivity contribution is 0.228. The summed E-state index contributed by atoms with van der Waals surface area (Å²) in [5, 5.41) is 0.211. The van der Waals surface area contributed by atoms with Crippen LogP contribution >= 0.6 is 7.60 Å². The molecule has 0 atom stereocenters. The van der Waals surface area contributed by atoms with E-state index in [1.165, 1.54) is 0 Å². The third-order valence-electron chi connectivity index (χ3n) is 3.46. The maximum atomic E-state index is 12.2. The third-order valence-corrected chi connectivity index (χ3v) is 9.81. The van der Waals surface area contributed by atoms with Crippen molar-refractivity contribution in [2.24, 2.45) is 0 Å². The molecular formula is C14H31O4PSi. The predicted octanol–water partition coefficient (Wildman–Crippen LogP) is 5.18. The summed E-state index contributed by atoms with van der Waals surface area (Å²) in [6.07, 6.45) is 2.55. The van der Waals surface area contributed by atoms with Crippen molar-refractivity contribution in [1.29, 1.82) is 0 Å². The molecule has 0 saturated carbocycles. The van der Waals surface area contributed by atoms with E-state index in [-0.39, 0.29) is 5.04 Å². The molecule has 0 amide bonds. The molecule has 0 spiro atoms. The van der Waals surface area contributed by atoms with Crippen LogP contribution in [0.15, 0.2) is 11.9 Å². The predicted molar refractivity (Wildman–Crippen MR) is 87.8 cm³/mol. The molecular weight excluding hydrogens is 291 g/mol. The van der Waals surface area contributed by atoms with E-state index in [1.54, 1.807) is 19.7 Å². The lowest BCUT2D eigenvalue weighted by atomic mass is 10.2. The topological polar surface area (TPSA) is 44.8 Å². The van der Waals surface area contributed by atoms with Crippen molar-refractivity contribution >= 4 is 15.9 Å². The van der Waals surface area contributed by atoms with Crippen LogP contribution in [-0.2, 0) is 18.0 Å². The van der Waals surface area contributed by atoms with Gasteiger partial charge < -0.3 is 13.5 Å². The summed E-state index contributed by atoms with van der Waals surface area (Å²) < 4.78 is 28.6. The van der Waals surface area contributed by atoms with Crippen molar-refractivity contribution in [3.8, 4) is 0 Å². The van der Waals surface area contributed by atoms with Crippen LogP contribution < -0.4 is 0 Å². The fraction of sp³-hybridized carbons (Fsp3) is 0.857. The van der Waals surface area contributed by atoms with Gasteiger partial charge in [-0.2, -0.15) is 0 Å². The highest BCUT2D eigenvalue weighted by atomic mass is 31.2. The number of hydrogen-bond donors (Lipinski definition) is 0. The van der Waals surface area contributed by atoms with E-state index >= 15 is 0 Å². The van der Waals surface area contributed by atoms with Gasteiger partial charge in [-0.3, -0.25) is 4.57 Å². The minimum atomic E-state index is -3.06. The largest absolute Gasteiger partial charge is 0.417 e. The smallest absolute Gasteiger partial charge is 0.353 e. The van der Waals surface area contributed by atoms with Gasteiger partial charge in [0.15, 0.2) is 8.32 Å². The van der Waals surface area contributed by atoms with Crippen molar-refractivity contribution in [3.63, 3.8) is 0 Å². The van der Waals surface area contributed by atoms with Crippen molar-refractivity contribution in [1.82, 2.24) is 0 Å². The van der Waals surface area contributed by atoms with Gasteiger partial charge in [-0.1, -0.05) is 26.8 Å². The molecule has 0 rings (SSSR count). The first-order valence-electron chi connectivity index (χ1n) is 7.28. The van der Waals surface area contributed by atoms with E-state index in [4.69, 9.17) is 13.5 Å². The summed E-state index contributed by atoms with van der Waals surface area (Å²) in [6, 6.07) is 0. The Morgan fingerprint density at radius 3 is 2.00 bits per heavy atom. The van der Waals surface area contributed by atoms with Gasteiger partial charge in [0.2, 0.25) is 0 Å². The van der Waals surface area contributed by atoms with Crippen molar-refractivity contribution in [3.05, 3.63) is 11.9 Å². The van der Waals surface area contributed by atoms with Gasteiger partial charge in [-0.25, -0.2) is 0 Å². The Kier molecular flexibility index (Phi) is 8.52. The fourth-order valence-corrected chi connectivity index (χ4v) is 3.72. The zero-order valence-corrected chi connectivity index (χ0v) is 16.0. The van der Waals surface area contributed by atoms with Crippen LogP contribution in [-0.4, -0.2) is 28.1 Å². The highest BCUT2D eigenvalue weighted by Gasteiger charge is 2.36. The van der Waals surface area contributed by atoms with Crippen LogP contribution in [0.5, 0.6) is 0 Å². The molecule has 0 aromatic heterocycles. The maximum absolute atomic E-state index is 12.2. The molecule has 6 heteroatoms. The molecule has 0 N–H and O–H groups in total. The van der Waals surface area contributed by atoms with E-state index in [0.717, 1.165) is 6.42 Å². The Morgan fingerprint density at radius 2 is 1.60 bits per heavy atom. The lowest BCUT2D eigenvalue weighted by Gasteiger charge is -2.36. The van der Waals surface area contributed by atoms with Crippen LogP contribution in [0.3, 0.4) is 0 Å². The molecule has 0 fully saturated rings. The lowest BCUT2D eigenvalue weighted by Crippen LogP contribution is -2.40. The SMILES string of the molecule is CCOP(=O)(C=CCCO[Si](C)(C)C(C)(C)C)OCC. The zero-order chi connectivity index (χ0) is 15.9. The van der Waals surface area contributed by atoms with Crippen molar-refractivity contribution in [2.45, 2.75) is 59.2 Å². The molecule has 20 heavy (non-hydrogen) atoms. The monoisotopic (exact) mass is 322 g/mol. The van der Waals surface area contributed by atoms with Crippen molar-refractivity contribution in [2.75, 3.05) is 19.8 Å². The zero-order valence-electron chi connectivity index (χ0n) is 14.1. The Morgan fingerprint density at radius 1 is 1.10 bits per heavy atom. The Bertz CT molecular complexity index is 338. The summed E-state index contributed by atoms with van der Waals surface area (Å²) in [5.41, 5.74) is 0. The van der Waals surface area contributed by atoms with Gasteiger partial charge in [0.25, 0.3) is 0 Å². The molecule has 0 aliphatic rings. The second-order valence-electron chi connectivity index (χ2n) is 6.16. The molecule has 120 valence electrons. The summed E-state index contributed by atoms with van der Waals surface area (Å²) in [7, 11) is -4.75. The summed E-state index contributed by atoms with van der Waals surface area (Å²) in [6.45, 7) is 16.1. The number of rotatable bonds is 9. The quantitative estimate of drug-likeness (QED) is 0.333. The van der Waals surface area contributed by atoms with Gasteiger partial charge in [-0.15, -0.1) is 0 Å². The second kappa shape index (κ2) is 8.50. The summed E-state index contributed by atoms with van der Waals surface area (Å²) in [5.74, 6) is 1.55. The highest BCUT2D eigenvalue weighted by molar-refractivity contribution is 7.57. The van der Waals surface area contributed by atoms with Crippen LogP contribution in [0.4, 0.5) is 0 Å². The molecule has 0 aromatic carbocycles. The third kappa shape index (κ3) is 7.18. The molecule has 0 aliphatic heterocycles.